The molecular formula is C12H23NO2. The van der Waals surface area contributed by atoms with Crippen LogP contribution in [0.2, 0.25) is 0 Å². The maximum atomic E-state index is 9.88. The van der Waals surface area contributed by atoms with Gasteiger partial charge in [-0.2, -0.15) is 0 Å². The van der Waals surface area contributed by atoms with Crippen molar-refractivity contribution in [3.63, 3.8) is 0 Å². The summed E-state index contributed by atoms with van der Waals surface area (Å²) in [6, 6.07) is 0.771. The second-order valence-corrected chi connectivity index (χ2v) is 4.94. The van der Waals surface area contributed by atoms with Crippen molar-refractivity contribution in [1.29, 1.82) is 0 Å². The summed E-state index contributed by atoms with van der Waals surface area (Å²) in [4.78, 5) is 0. The molecule has 0 aliphatic heterocycles. The van der Waals surface area contributed by atoms with Crippen molar-refractivity contribution < 1.29 is 9.84 Å². The summed E-state index contributed by atoms with van der Waals surface area (Å²) in [7, 11) is 1.79. The number of aliphatic hydroxyl groups excluding tert-OH is 1. The van der Waals surface area contributed by atoms with Crippen molar-refractivity contribution in [3.05, 3.63) is 0 Å². The lowest BCUT2D eigenvalue weighted by atomic mass is 9.92. The lowest BCUT2D eigenvalue weighted by molar-refractivity contribution is 0.0495. The second kappa shape index (κ2) is 5.28. The maximum Gasteiger partial charge on any atom is 0.0724 e. The van der Waals surface area contributed by atoms with Gasteiger partial charge in [-0.25, -0.2) is 0 Å². The van der Waals surface area contributed by atoms with Crippen LogP contribution in [-0.2, 0) is 4.74 Å². The van der Waals surface area contributed by atoms with E-state index in [0.717, 1.165) is 19.3 Å². The molecule has 0 saturated heterocycles. The highest BCUT2D eigenvalue weighted by molar-refractivity contribution is 4.90. The molecule has 2 N–H and O–H groups in total. The smallest absolute Gasteiger partial charge is 0.0724 e. The SMILES string of the molecule is COC1CCCC1N[C@@H]1CCCC[C@H]1O. The van der Waals surface area contributed by atoms with Crippen LogP contribution in [0.15, 0.2) is 0 Å². The van der Waals surface area contributed by atoms with Gasteiger partial charge in [0.05, 0.1) is 12.2 Å². The molecule has 0 radical (unpaired) electrons. The fraction of sp³-hybridized carbons (Fsp3) is 1.00. The van der Waals surface area contributed by atoms with Crippen molar-refractivity contribution in [1.82, 2.24) is 5.32 Å². The Balaban J connectivity index is 1.84. The van der Waals surface area contributed by atoms with Gasteiger partial charge in [0.25, 0.3) is 0 Å². The van der Waals surface area contributed by atoms with Gasteiger partial charge in [0.1, 0.15) is 0 Å². The van der Waals surface area contributed by atoms with E-state index in [1.165, 1.54) is 25.7 Å². The van der Waals surface area contributed by atoms with Crippen LogP contribution < -0.4 is 5.32 Å². The largest absolute Gasteiger partial charge is 0.392 e. The zero-order valence-electron chi connectivity index (χ0n) is 9.61. The number of ether oxygens (including phenoxy) is 1. The molecule has 0 aromatic heterocycles. The molecule has 0 aromatic carbocycles. The summed E-state index contributed by atoms with van der Waals surface area (Å²) in [5, 5.41) is 13.5. The van der Waals surface area contributed by atoms with E-state index < -0.39 is 0 Å². The molecular weight excluding hydrogens is 190 g/mol. The Bertz CT molecular complexity index is 198. The van der Waals surface area contributed by atoms with Crippen LogP contribution in [0.1, 0.15) is 44.9 Å². The maximum absolute atomic E-state index is 9.88. The van der Waals surface area contributed by atoms with E-state index >= 15 is 0 Å². The Hall–Kier alpha value is -0.120. The number of rotatable bonds is 3. The van der Waals surface area contributed by atoms with E-state index in [4.69, 9.17) is 4.74 Å². The highest BCUT2D eigenvalue weighted by atomic mass is 16.5. The Morgan fingerprint density at radius 3 is 2.47 bits per heavy atom. The van der Waals surface area contributed by atoms with Crippen molar-refractivity contribution in [2.45, 2.75) is 69.2 Å². The average molecular weight is 213 g/mol. The highest BCUT2D eigenvalue weighted by Gasteiger charge is 2.31. The monoisotopic (exact) mass is 213 g/mol. The Kier molecular flexibility index (Phi) is 4.00. The third-order valence-corrected chi connectivity index (χ3v) is 3.91. The van der Waals surface area contributed by atoms with E-state index in [0.29, 0.717) is 18.2 Å². The Labute approximate surface area is 92.2 Å². The van der Waals surface area contributed by atoms with Crippen molar-refractivity contribution in [2.75, 3.05) is 7.11 Å². The van der Waals surface area contributed by atoms with Crippen molar-refractivity contribution in [3.8, 4) is 0 Å². The summed E-state index contributed by atoms with van der Waals surface area (Å²) in [5.41, 5.74) is 0. The number of nitrogens with one attached hydrogen (secondary N) is 1. The number of methoxy groups -OCH3 is 1. The van der Waals surface area contributed by atoms with Crippen LogP contribution in [0.25, 0.3) is 0 Å². The van der Waals surface area contributed by atoms with E-state index in [9.17, 15) is 5.11 Å². The van der Waals surface area contributed by atoms with Gasteiger partial charge in [0.2, 0.25) is 0 Å². The van der Waals surface area contributed by atoms with Gasteiger partial charge in [-0.05, 0) is 32.1 Å². The summed E-state index contributed by atoms with van der Waals surface area (Å²) >= 11 is 0. The molecule has 0 amide bonds. The molecule has 2 aliphatic rings. The van der Waals surface area contributed by atoms with Gasteiger partial charge in [0.15, 0.2) is 0 Å². The first-order valence-corrected chi connectivity index (χ1v) is 6.28. The lowest BCUT2D eigenvalue weighted by Gasteiger charge is -2.32. The fourth-order valence-corrected chi connectivity index (χ4v) is 2.98. The Morgan fingerprint density at radius 1 is 1.00 bits per heavy atom. The molecule has 88 valence electrons. The number of hydrogen-bond acceptors (Lipinski definition) is 3. The molecule has 15 heavy (non-hydrogen) atoms. The quantitative estimate of drug-likeness (QED) is 0.745. The van der Waals surface area contributed by atoms with Crippen LogP contribution in [0, 0.1) is 0 Å². The minimum atomic E-state index is -0.142. The average Bonchev–Trinajstić information content (AvgIpc) is 2.69. The number of hydrogen-bond donors (Lipinski definition) is 2. The van der Waals surface area contributed by atoms with Crippen LogP contribution in [0.5, 0.6) is 0 Å². The van der Waals surface area contributed by atoms with Gasteiger partial charge in [-0.3, -0.25) is 0 Å². The van der Waals surface area contributed by atoms with Crippen molar-refractivity contribution in [2.24, 2.45) is 0 Å². The predicted octanol–water partition coefficient (Wildman–Crippen LogP) is 1.45. The molecule has 2 saturated carbocycles. The first-order chi connectivity index (χ1) is 7.31. The van der Waals surface area contributed by atoms with E-state index in [1.54, 1.807) is 7.11 Å². The molecule has 2 aliphatic carbocycles. The van der Waals surface area contributed by atoms with Crippen LogP contribution in [0.4, 0.5) is 0 Å². The molecule has 0 aromatic rings. The van der Waals surface area contributed by atoms with Crippen LogP contribution in [0.3, 0.4) is 0 Å². The lowest BCUT2D eigenvalue weighted by Crippen LogP contribution is -2.49. The predicted molar refractivity (Wildman–Crippen MR) is 59.8 cm³/mol. The topological polar surface area (TPSA) is 41.5 Å². The Morgan fingerprint density at radius 2 is 1.73 bits per heavy atom. The summed E-state index contributed by atoms with van der Waals surface area (Å²) < 4.78 is 5.46. The van der Waals surface area contributed by atoms with Crippen LogP contribution >= 0.6 is 0 Å². The third kappa shape index (κ3) is 2.71. The van der Waals surface area contributed by atoms with Gasteiger partial charge in [0, 0.05) is 19.2 Å². The standard InChI is InChI=1S/C12H23NO2/c1-15-12-8-4-6-10(12)13-9-5-2-3-7-11(9)14/h9-14H,2-8H2,1H3/t9-,10?,11-,12?/m1/s1. The van der Waals surface area contributed by atoms with Gasteiger partial charge in [-0.1, -0.05) is 12.8 Å². The zero-order valence-corrected chi connectivity index (χ0v) is 9.61. The molecule has 0 heterocycles. The minimum absolute atomic E-state index is 0.142. The molecule has 4 atom stereocenters. The normalized spacial score (nSPS) is 42.0. The third-order valence-electron chi connectivity index (χ3n) is 3.91. The van der Waals surface area contributed by atoms with Gasteiger partial charge < -0.3 is 15.2 Å². The molecule has 2 fully saturated rings. The molecule has 3 heteroatoms. The van der Waals surface area contributed by atoms with Gasteiger partial charge in [-0.15, -0.1) is 0 Å². The fourth-order valence-electron chi connectivity index (χ4n) is 2.98. The van der Waals surface area contributed by atoms with Crippen LogP contribution in [-0.4, -0.2) is 36.5 Å². The van der Waals surface area contributed by atoms with E-state index in [-0.39, 0.29) is 6.10 Å². The van der Waals surface area contributed by atoms with E-state index in [1.807, 2.05) is 0 Å². The highest BCUT2D eigenvalue weighted by Crippen LogP contribution is 2.25. The number of aliphatic hydroxyl groups is 1. The second-order valence-electron chi connectivity index (χ2n) is 4.94. The van der Waals surface area contributed by atoms with Crippen molar-refractivity contribution >= 4 is 0 Å². The molecule has 0 bridgehead atoms. The summed E-state index contributed by atoms with van der Waals surface area (Å²) in [6.07, 6.45) is 8.33. The molecule has 2 rings (SSSR count). The first-order valence-electron chi connectivity index (χ1n) is 6.28. The molecule has 2 unspecified atom stereocenters. The first kappa shape index (κ1) is 11.4. The summed E-state index contributed by atoms with van der Waals surface area (Å²) in [6.45, 7) is 0. The summed E-state index contributed by atoms with van der Waals surface area (Å²) in [5.74, 6) is 0. The molecule has 0 spiro atoms. The minimum Gasteiger partial charge on any atom is -0.392 e. The molecule has 3 nitrogen and oxygen atoms in total. The van der Waals surface area contributed by atoms with Gasteiger partial charge >= 0.3 is 0 Å². The van der Waals surface area contributed by atoms with E-state index in [2.05, 4.69) is 5.32 Å². The zero-order chi connectivity index (χ0) is 10.7.